The van der Waals surface area contributed by atoms with E-state index in [2.05, 4.69) is 32.0 Å². The van der Waals surface area contributed by atoms with Crippen molar-refractivity contribution in [2.45, 2.75) is 18.1 Å². The van der Waals surface area contributed by atoms with E-state index in [1.165, 1.54) is 17.3 Å². The van der Waals surface area contributed by atoms with Gasteiger partial charge in [-0.2, -0.15) is 0 Å². The highest BCUT2D eigenvalue weighted by atomic mass is 32.2. The van der Waals surface area contributed by atoms with E-state index in [1.807, 2.05) is 18.2 Å². The van der Waals surface area contributed by atoms with Crippen LogP contribution in [0.25, 0.3) is 0 Å². The summed E-state index contributed by atoms with van der Waals surface area (Å²) >= 11 is 1.49. The number of carbonyl (C=O) groups excluding carboxylic acids is 1. The molecule has 1 aromatic carbocycles. The summed E-state index contributed by atoms with van der Waals surface area (Å²) < 4.78 is -0.0445. The molecule has 0 fully saturated rings. The number of hydrogen-bond donors (Lipinski definition) is 0. The molecule has 1 aliphatic rings. The molecule has 0 aliphatic carbocycles. The van der Waals surface area contributed by atoms with Gasteiger partial charge in [-0.25, -0.2) is 0 Å². The van der Waals surface area contributed by atoms with Gasteiger partial charge in [-0.05, 0) is 26.1 Å². The van der Waals surface area contributed by atoms with Gasteiger partial charge >= 0.3 is 0 Å². The zero-order valence-electron chi connectivity index (χ0n) is 9.99. The molecule has 3 heteroatoms. The lowest BCUT2D eigenvalue weighted by molar-refractivity contribution is 0.109. The van der Waals surface area contributed by atoms with Crippen molar-refractivity contribution in [3.63, 3.8) is 0 Å². The molecule has 0 amide bonds. The van der Waals surface area contributed by atoms with E-state index in [0.717, 1.165) is 18.5 Å². The molecule has 2 rings (SSSR count). The number of nitrogens with zero attached hydrogens (tertiary/aromatic N) is 1. The number of rotatable bonds is 3. The van der Waals surface area contributed by atoms with Crippen LogP contribution in [0, 0.1) is 0 Å². The van der Waals surface area contributed by atoms with Crippen LogP contribution in [0.1, 0.15) is 29.3 Å². The summed E-state index contributed by atoms with van der Waals surface area (Å²) in [7, 11) is 4.12. The second-order valence-electron chi connectivity index (χ2n) is 4.52. The Bertz CT molecular complexity index is 416. The van der Waals surface area contributed by atoms with Crippen molar-refractivity contribution in [3.8, 4) is 0 Å². The molecule has 1 aliphatic heterocycles. The highest BCUT2D eigenvalue weighted by Gasteiger charge is 2.42. The Morgan fingerprint density at radius 3 is 2.62 bits per heavy atom. The van der Waals surface area contributed by atoms with E-state index in [-0.39, 0.29) is 9.86 Å². The summed E-state index contributed by atoms with van der Waals surface area (Å²) in [6.45, 7) is 3.07. The maximum Gasteiger partial charge on any atom is 0.220 e. The molecule has 1 heterocycles. The Balaban J connectivity index is 2.47. The van der Waals surface area contributed by atoms with Crippen LogP contribution in [0.15, 0.2) is 24.3 Å². The molecule has 1 atom stereocenters. The van der Waals surface area contributed by atoms with Gasteiger partial charge in [0.2, 0.25) is 5.12 Å². The molecule has 0 spiro atoms. The molecule has 1 unspecified atom stereocenters. The average Bonchev–Trinajstić information content (AvgIpc) is 2.53. The monoisotopic (exact) mass is 235 g/mol. The largest absolute Gasteiger partial charge is 0.308 e. The van der Waals surface area contributed by atoms with E-state index in [1.54, 1.807) is 0 Å². The van der Waals surface area contributed by atoms with Crippen LogP contribution in [0.4, 0.5) is 0 Å². The molecule has 0 aromatic heterocycles. The topological polar surface area (TPSA) is 20.3 Å². The van der Waals surface area contributed by atoms with Crippen LogP contribution < -0.4 is 0 Å². The molecule has 0 bridgehead atoms. The highest BCUT2D eigenvalue weighted by molar-refractivity contribution is 8.15. The second kappa shape index (κ2) is 4.22. The van der Waals surface area contributed by atoms with Gasteiger partial charge in [0.15, 0.2) is 0 Å². The first kappa shape index (κ1) is 11.7. The van der Waals surface area contributed by atoms with Crippen molar-refractivity contribution in [1.29, 1.82) is 0 Å². The number of fused-ring (bicyclic) bond motifs is 1. The minimum atomic E-state index is -0.0445. The van der Waals surface area contributed by atoms with E-state index in [0.29, 0.717) is 0 Å². The van der Waals surface area contributed by atoms with E-state index < -0.39 is 0 Å². The lowest BCUT2D eigenvalue weighted by Crippen LogP contribution is -2.32. The molecular weight excluding hydrogens is 218 g/mol. The third-order valence-electron chi connectivity index (χ3n) is 3.07. The number of hydrogen-bond acceptors (Lipinski definition) is 3. The first-order chi connectivity index (χ1) is 7.59. The summed E-state index contributed by atoms with van der Waals surface area (Å²) in [5.74, 6) is 0. The predicted octanol–water partition coefficient (Wildman–Crippen LogP) is 2.74. The van der Waals surface area contributed by atoms with Crippen LogP contribution in [0.5, 0.6) is 0 Å². The van der Waals surface area contributed by atoms with Crippen molar-refractivity contribution < 1.29 is 4.79 Å². The molecule has 0 saturated heterocycles. The molecule has 0 N–H and O–H groups in total. The standard InChI is InChI=1S/C13H17NOS/c1-4-13(9-14(2)3)11-8-6-5-7-10(11)12(15)16-13/h5-8H,4,9H2,1-3H3. The molecule has 2 nitrogen and oxygen atoms in total. The van der Waals surface area contributed by atoms with Gasteiger partial charge in [0.1, 0.15) is 0 Å². The lowest BCUT2D eigenvalue weighted by atomic mass is 9.91. The Morgan fingerprint density at radius 2 is 2.00 bits per heavy atom. The summed E-state index contributed by atoms with van der Waals surface area (Å²) in [6, 6.07) is 8.01. The SMILES string of the molecule is CCC1(CN(C)C)SC(=O)c2ccccc21. The number of carbonyl (C=O) groups is 1. The Kier molecular flexibility index (Phi) is 3.08. The first-order valence-electron chi connectivity index (χ1n) is 5.56. The van der Waals surface area contributed by atoms with Crippen molar-refractivity contribution in [2.24, 2.45) is 0 Å². The van der Waals surface area contributed by atoms with Crippen molar-refractivity contribution in [1.82, 2.24) is 4.90 Å². The summed E-state index contributed by atoms with van der Waals surface area (Å²) in [6.07, 6.45) is 0.985. The molecule has 0 saturated carbocycles. The fourth-order valence-corrected chi connectivity index (χ4v) is 3.75. The minimum Gasteiger partial charge on any atom is -0.308 e. The van der Waals surface area contributed by atoms with Gasteiger partial charge in [-0.1, -0.05) is 43.0 Å². The van der Waals surface area contributed by atoms with E-state index in [4.69, 9.17) is 0 Å². The third kappa shape index (κ3) is 1.78. The molecule has 0 radical (unpaired) electrons. The molecule has 16 heavy (non-hydrogen) atoms. The fourth-order valence-electron chi connectivity index (χ4n) is 2.35. The lowest BCUT2D eigenvalue weighted by Gasteiger charge is -2.30. The maximum atomic E-state index is 12.0. The molecular formula is C13H17NOS. The van der Waals surface area contributed by atoms with Gasteiger partial charge in [0, 0.05) is 12.1 Å². The normalized spacial score (nSPS) is 23.9. The van der Waals surface area contributed by atoms with Crippen molar-refractivity contribution in [3.05, 3.63) is 35.4 Å². The van der Waals surface area contributed by atoms with E-state index >= 15 is 0 Å². The highest BCUT2D eigenvalue weighted by Crippen LogP contribution is 2.49. The third-order valence-corrected chi connectivity index (χ3v) is 4.50. The zero-order chi connectivity index (χ0) is 11.8. The predicted molar refractivity (Wildman–Crippen MR) is 68.9 cm³/mol. The van der Waals surface area contributed by atoms with Gasteiger partial charge in [0.25, 0.3) is 0 Å². The molecule has 86 valence electrons. The minimum absolute atomic E-state index is 0.0445. The summed E-state index contributed by atoms with van der Waals surface area (Å²) in [5.41, 5.74) is 2.11. The maximum absolute atomic E-state index is 12.0. The van der Waals surface area contributed by atoms with Crippen LogP contribution in [0.2, 0.25) is 0 Å². The fraction of sp³-hybridized carbons (Fsp3) is 0.462. The summed E-state index contributed by atoms with van der Waals surface area (Å²) in [4.78, 5) is 14.1. The zero-order valence-corrected chi connectivity index (χ0v) is 10.8. The van der Waals surface area contributed by atoms with Crippen LogP contribution in [-0.2, 0) is 4.75 Å². The molecule has 1 aromatic rings. The van der Waals surface area contributed by atoms with Crippen molar-refractivity contribution >= 4 is 16.9 Å². The van der Waals surface area contributed by atoms with Gasteiger partial charge in [-0.3, -0.25) is 4.79 Å². The van der Waals surface area contributed by atoms with Gasteiger partial charge in [0.05, 0.1) is 4.75 Å². The van der Waals surface area contributed by atoms with Crippen molar-refractivity contribution in [2.75, 3.05) is 20.6 Å². The van der Waals surface area contributed by atoms with E-state index in [9.17, 15) is 4.79 Å². The quantitative estimate of drug-likeness (QED) is 0.803. The second-order valence-corrected chi connectivity index (χ2v) is 5.88. The van der Waals surface area contributed by atoms with Crippen LogP contribution >= 0.6 is 11.8 Å². The smallest absolute Gasteiger partial charge is 0.220 e. The first-order valence-corrected chi connectivity index (χ1v) is 6.38. The average molecular weight is 235 g/mol. The number of benzene rings is 1. The Hall–Kier alpha value is -0.800. The Morgan fingerprint density at radius 1 is 1.31 bits per heavy atom. The van der Waals surface area contributed by atoms with Gasteiger partial charge in [-0.15, -0.1) is 0 Å². The Labute approximate surface area is 101 Å². The van der Waals surface area contributed by atoms with Crippen LogP contribution in [0.3, 0.4) is 0 Å². The number of thioether (sulfide) groups is 1. The number of likely N-dealkylation sites (N-methyl/N-ethyl adjacent to an activating group) is 1. The summed E-state index contributed by atoms with van der Waals surface area (Å²) in [5, 5.41) is 0.222. The van der Waals surface area contributed by atoms with Gasteiger partial charge < -0.3 is 4.90 Å². The van der Waals surface area contributed by atoms with Crippen LogP contribution in [-0.4, -0.2) is 30.7 Å².